The summed E-state index contributed by atoms with van der Waals surface area (Å²) in [5.74, 6) is 0.889. The van der Waals surface area contributed by atoms with Crippen molar-refractivity contribution in [2.24, 2.45) is 5.73 Å². The van der Waals surface area contributed by atoms with Crippen molar-refractivity contribution in [1.29, 1.82) is 5.41 Å². The van der Waals surface area contributed by atoms with Gasteiger partial charge in [0.05, 0.1) is 11.3 Å². The zero-order chi connectivity index (χ0) is 15.6. The minimum atomic E-state index is 0.102. The topological polar surface area (TPSA) is 78.9 Å². The smallest absolute Gasteiger partial charge is 0.162 e. The van der Waals surface area contributed by atoms with E-state index in [-0.39, 0.29) is 5.84 Å². The van der Waals surface area contributed by atoms with Crippen LogP contribution in [0.4, 0.5) is 5.82 Å². The summed E-state index contributed by atoms with van der Waals surface area (Å²) in [6.07, 6.45) is 1.65. The molecule has 0 saturated carbocycles. The highest BCUT2D eigenvalue weighted by molar-refractivity contribution is 8.00. The third-order valence-corrected chi connectivity index (χ3v) is 5.04. The van der Waals surface area contributed by atoms with E-state index in [2.05, 4.69) is 42.8 Å². The van der Waals surface area contributed by atoms with E-state index in [9.17, 15) is 0 Å². The first-order valence-corrected chi connectivity index (χ1v) is 8.55. The highest BCUT2D eigenvalue weighted by Crippen LogP contribution is 2.30. The maximum atomic E-state index is 7.99. The molecule has 1 aliphatic rings. The fourth-order valence-corrected chi connectivity index (χ4v) is 4.34. The molecule has 0 amide bonds. The number of aromatic nitrogens is 2. The van der Waals surface area contributed by atoms with Gasteiger partial charge in [0.2, 0.25) is 0 Å². The van der Waals surface area contributed by atoms with Gasteiger partial charge >= 0.3 is 0 Å². The van der Waals surface area contributed by atoms with Crippen LogP contribution in [0.2, 0.25) is 0 Å². The third kappa shape index (κ3) is 3.31. The highest BCUT2D eigenvalue weighted by Gasteiger charge is 2.27. The molecular weight excluding hydrogens is 282 g/mol. The van der Waals surface area contributed by atoms with E-state index in [0.29, 0.717) is 10.5 Å². The highest BCUT2D eigenvalue weighted by atomic mass is 32.2. The molecule has 1 aromatic rings. The Kier molecular flexibility index (Phi) is 5.08. The summed E-state index contributed by atoms with van der Waals surface area (Å²) >= 11 is 2.00. The van der Waals surface area contributed by atoms with Crippen molar-refractivity contribution in [3.63, 3.8) is 0 Å². The molecule has 5 nitrogen and oxygen atoms in total. The molecular formula is C15H25N5S. The van der Waals surface area contributed by atoms with Gasteiger partial charge in [-0.2, -0.15) is 16.9 Å². The summed E-state index contributed by atoms with van der Waals surface area (Å²) in [7, 11) is 0. The predicted octanol–water partition coefficient (Wildman–Crippen LogP) is 2.22. The second-order valence-corrected chi connectivity index (χ2v) is 7.49. The van der Waals surface area contributed by atoms with E-state index in [1.807, 2.05) is 11.8 Å². The van der Waals surface area contributed by atoms with Gasteiger partial charge in [-0.15, -0.1) is 5.10 Å². The van der Waals surface area contributed by atoms with Crippen molar-refractivity contribution in [2.45, 2.75) is 51.0 Å². The quantitative estimate of drug-likeness (QED) is 0.658. The lowest BCUT2D eigenvalue weighted by Crippen LogP contribution is -2.42. The van der Waals surface area contributed by atoms with E-state index in [1.54, 1.807) is 0 Å². The van der Waals surface area contributed by atoms with Gasteiger partial charge in [-0.3, -0.25) is 5.41 Å². The average Bonchev–Trinajstić information content (AvgIpc) is 2.44. The summed E-state index contributed by atoms with van der Waals surface area (Å²) in [5, 5.41) is 17.9. The Morgan fingerprint density at radius 1 is 1.24 bits per heavy atom. The van der Waals surface area contributed by atoms with Crippen molar-refractivity contribution in [1.82, 2.24) is 10.2 Å². The van der Waals surface area contributed by atoms with Gasteiger partial charge in [0.1, 0.15) is 5.84 Å². The first-order valence-electron chi connectivity index (χ1n) is 7.61. The maximum absolute atomic E-state index is 7.99. The number of amidine groups is 1. The molecule has 1 fully saturated rings. The molecule has 2 atom stereocenters. The van der Waals surface area contributed by atoms with Crippen LogP contribution in [0.1, 0.15) is 44.5 Å². The van der Waals surface area contributed by atoms with Crippen LogP contribution in [0, 0.1) is 5.41 Å². The molecule has 21 heavy (non-hydrogen) atoms. The second-order valence-electron chi connectivity index (χ2n) is 5.61. The van der Waals surface area contributed by atoms with Crippen LogP contribution < -0.4 is 10.6 Å². The van der Waals surface area contributed by atoms with E-state index in [1.165, 1.54) is 0 Å². The Hall–Kier alpha value is -1.30. The minimum absolute atomic E-state index is 0.102. The van der Waals surface area contributed by atoms with Gasteiger partial charge in [-0.25, -0.2) is 0 Å². The molecule has 0 bridgehead atoms. The van der Waals surface area contributed by atoms with Crippen LogP contribution >= 0.6 is 11.8 Å². The zero-order valence-corrected chi connectivity index (χ0v) is 14.1. The lowest BCUT2D eigenvalue weighted by molar-refractivity contribution is 0.704. The number of aryl methyl sites for hydroxylation is 1. The molecule has 2 rings (SSSR count). The number of nitrogens with two attached hydrogens (primary N) is 1. The molecule has 0 aromatic carbocycles. The zero-order valence-electron chi connectivity index (χ0n) is 13.3. The molecule has 1 saturated heterocycles. The lowest BCUT2D eigenvalue weighted by Gasteiger charge is -2.36. The van der Waals surface area contributed by atoms with E-state index in [0.717, 1.165) is 48.6 Å². The first-order chi connectivity index (χ1) is 9.97. The fraction of sp³-hybridized carbons (Fsp3) is 0.667. The van der Waals surface area contributed by atoms with Gasteiger partial charge in [0.25, 0.3) is 0 Å². The van der Waals surface area contributed by atoms with Crippen LogP contribution in [0.25, 0.3) is 0 Å². The molecule has 2 heterocycles. The van der Waals surface area contributed by atoms with E-state index < -0.39 is 0 Å². The van der Waals surface area contributed by atoms with Gasteiger partial charge in [0, 0.05) is 23.6 Å². The van der Waals surface area contributed by atoms with Crippen molar-refractivity contribution in [3.05, 3.63) is 16.8 Å². The standard InChI is InChI=1S/C15H25N5S/c1-5-11-12(6-2)18-19-15(13(11)14(16)17)20-7-9(3)21-10(4)8-20/h9-10H,5-8H2,1-4H3,(H3,16,17). The Morgan fingerprint density at radius 3 is 2.33 bits per heavy atom. The van der Waals surface area contributed by atoms with Gasteiger partial charge in [0.15, 0.2) is 5.82 Å². The SMILES string of the molecule is CCc1nnc(N2CC(C)SC(C)C2)c(C(=N)N)c1CC. The van der Waals surface area contributed by atoms with Crippen LogP contribution in [-0.4, -0.2) is 39.6 Å². The number of anilines is 1. The molecule has 6 heteroatoms. The van der Waals surface area contributed by atoms with Crippen molar-refractivity contribution < 1.29 is 0 Å². The Balaban J connectivity index is 2.50. The van der Waals surface area contributed by atoms with E-state index in [4.69, 9.17) is 11.1 Å². The number of nitrogens with zero attached hydrogens (tertiary/aromatic N) is 3. The van der Waals surface area contributed by atoms with E-state index >= 15 is 0 Å². The monoisotopic (exact) mass is 307 g/mol. The van der Waals surface area contributed by atoms with Crippen molar-refractivity contribution >= 4 is 23.4 Å². The second kappa shape index (κ2) is 6.64. The van der Waals surface area contributed by atoms with Crippen LogP contribution in [0.5, 0.6) is 0 Å². The molecule has 116 valence electrons. The summed E-state index contributed by atoms with van der Waals surface area (Å²) in [6, 6.07) is 0. The molecule has 2 unspecified atom stereocenters. The number of hydrogen-bond acceptors (Lipinski definition) is 5. The Labute approximate surface area is 131 Å². The maximum Gasteiger partial charge on any atom is 0.162 e. The number of hydrogen-bond donors (Lipinski definition) is 2. The first kappa shape index (κ1) is 16.1. The number of nitrogen functional groups attached to an aromatic ring is 1. The molecule has 1 aliphatic heterocycles. The van der Waals surface area contributed by atoms with Crippen LogP contribution in [0.3, 0.4) is 0 Å². The molecule has 0 spiro atoms. The minimum Gasteiger partial charge on any atom is -0.384 e. The normalized spacial score (nSPS) is 22.4. The van der Waals surface area contributed by atoms with Gasteiger partial charge in [-0.1, -0.05) is 27.7 Å². The number of nitrogens with one attached hydrogen (secondary N) is 1. The molecule has 0 aliphatic carbocycles. The van der Waals surface area contributed by atoms with Crippen LogP contribution in [0.15, 0.2) is 0 Å². The number of thioether (sulfide) groups is 1. The summed E-state index contributed by atoms with van der Waals surface area (Å²) in [4.78, 5) is 2.24. The summed E-state index contributed by atoms with van der Waals surface area (Å²) in [5.41, 5.74) is 8.70. The van der Waals surface area contributed by atoms with Crippen molar-refractivity contribution in [3.8, 4) is 0 Å². The molecule has 0 radical (unpaired) electrons. The third-order valence-electron chi connectivity index (χ3n) is 3.82. The Morgan fingerprint density at radius 2 is 1.86 bits per heavy atom. The molecule has 3 N–H and O–H groups in total. The number of rotatable bonds is 4. The van der Waals surface area contributed by atoms with Crippen molar-refractivity contribution in [2.75, 3.05) is 18.0 Å². The summed E-state index contributed by atoms with van der Waals surface area (Å²) < 4.78 is 0. The van der Waals surface area contributed by atoms with Gasteiger partial charge < -0.3 is 10.6 Å². The average molecular weight is 307 g/mol. The Bertz CT molecular complexity index is 521. The largest absolute Gasteiger partial charge is 0.384 e. The fourth-order valence-electron chi connectivity index (χ4n) is 3.02. The van der Waals surface area contributed by atoms with Gasteiger partial charge in [-0.05, 0) is 18.4 Å². The molecule has 1 aromatic heterocycles. The van der Waals surface area contributed by atoms with Crippen LogP contribution in [-0.2, 0) is 12.8 Å². The lowest BCUT2D eigenvalue weighted by atomic mass is 10.0. The summed E-state index contributed by atoms with van der Waals surface area (Å²) in [6.45, 7) is 10.5. The predicted molar refractivity (Wildman–Crippen MR) is 90.5 cm³/mol.